The van der Waals surface area contributed by atoms with Gasteiger partial charge in [0.2, 0.25) is 5.91 Å². The van der Waals surface area contributed by atoms with Gasteiger partial charge in [0, 0.05) is 38.4 Å². The fourth-order valence-corrected chi connectivity index (χ4v) is 2.87. The lowest BCUT2D eigenvalue weighted by molar-refractivity contribution is -0.133. The first kappa shape index (κ1) is 14.1. The number of nitrogens with zero attached hydrogens (tertiary/aromatic N) is 3. The topological polar surface area (TPSA) is 50.2 Å². The number of carbonyl (C=O) groups is 1. The summed E-state index contributed by atoms with van der Waals surface area (Å²) in [6, 6.07) is -0.0599. The Kier molecular flexibility index (Phi) is 4.58. The van der Waals surface area contributed by atoms with Gasteiger partial charge in [-0.25, -0.2) is 4.98 Å². The lowest BCUT2D eigenvalue weighted by Gasteiger charge is -2.32. The van der Waals surface area contributed by atoms with Crippen LogP contribution >= 0.6 is 0 Å². The van der Waals surface area contributed by atoms with Gasteiger partial charge in [0.25, 0.3) is 0 Å². The highest BCUT2D eigenvalue weighted by molar-refractivity contribution is 5.82. The van der Waals surface area contributed by atoms with E-state index in [2.05, 4.69) is 14.9 Å². The van der Waals surface area contributed by atoms with E-state index in [1.54, 1.807) is 0 Å². The van der Waals surface area contributed by atoms with E-state index in [0.717, 1.165) is 38.3 Å². The van der Waals surface area contributed by atoms with Crippen LogP contribution in [0, 0.1) is 0 Å². The Balaban J connectivity index is 2.05. The number of piperidine rings is 1. The van der Waals surface area contributed by atoms with Crippen molar-refractivity contribution in [2.24, 2.45) is 7.05 Å². The van der Waals surface area contributed by atoms with E-state index in [4.69, 9.17) is 0 Å². The fourth-order valence-electron chi connectivity index (χ4n) is 2.87. The highest BCUT2D eigenvalue weighted by atomic mass is 16.2. The molecular weight excluding hydrogens is 240 g/mol. The first-order valence-corrected chi connectivity index (χ1v) is 7.16. The molecule has 1 amide bonds. The van der Waals surface area contributed by atoms with Crippen LogP contribution in [0.1, 0.15) is 38.4 Å². The Hall–Kier alpha value is -1.36. The van der Waals surface area contributed by atoms with Crippen LogP contribution in [-0.4, -0.2) is 46.0 Å². The number of hydrogen-bond donors (Lipinski definition) is 1. The standard InChI is InChI=1S/C14H24N4O/c1-4-18(5-2)14(19)12-10-11(6-7-15-12)13-16-8-9-17(13)3/h8-9,11-12,15H,4-7,10H2,1-3H3. The second kappa shape index (κ2) is 6.19. The smallest absolute Gasteiger partial charge is 0.239 e. The summed E-state index contributed by atoms with van der Waals surface area (Å²) in [6.45, 7) is 6.50. The molecule has 1 fully saturated rings. The van der Waals surface area contributed by atoms with Crippen molar-refractivity contribution in [3.8, 4) is 0 Å². The average Bonchev–Trinajstić information content (AvgIpc) is 2.86. The van der Waals surface area contributed by atoms with Crippen LogP contribution in [0.15, 0.2) is 12.4 Å². The Morgan fingerprint density at radius 2 is 2.26 bits per heavy atom. The number of aromatic nitrogens is 2. The molecule has 1 aromatic rings. The lowest BCUT2D eigenvalue weighted by Crippen LogP contribution is -2.50. The van der Waals surface area contributed by atoms with Crippen molar-refractivity contribution in [1.82, 2.24) is 19.8 Å². The van der Waals surface area contributed by atoms with E-state index in [-0.39, 0.29) is 11.9 Å². The summed E-state index contributed by atoms with van der Waals surface area (Å²) in [5.74, 6) is 1.70. The van der Waals surface area contributed by atoms with Crippen molar-refractivity contribution in [2.45, 2.75) is 38.6 Å². The van der Waals surface area contributed by atoms with E-state index in [9.17, 15) is 4.79 Å². The van der Waals surface area contributed by atoms with E-state index >= 15 is 0 Å². The molecule has 0 bridgehead atoms. The molecule has 1 aliphatic heterocycles. The van der Waals surface area contributed by atoms with Gasteiger partial charge in [-0.1, -0.05) is 0 Å². The number of rotatable bonds is 4. The number of nitrogens with one attached hydrogen (secondary N) is 1. The summed E-state index contributed by atoms with van der Waals surface area (Å²) in [5.41, 5.74) is 0. The van der Waals surface area contributed by atoms with Crippen LogP contribution in [0.25, 0.3) is 0 Å². The Morgan fingerprint density at radius 3 is 2.84 bits per heavy atom. The first-order chi connectivity index (χ1) is 9.17. The fraction of sp³-hybridized carbons (Fsp3) is 0.714. The van der Waals surface area contributed by atoms with Crippen LogP contribution in [0.5, 0.6) is 0 Å². The van der Waals surface area contributed by atoms with E-state index in [1.165, 1.54) is 0 Å². The molecule has 2 unspecified atom stereocenters. The van der Waals surface area contributed by atoms with E-state index in [1.807, 2.05) is 38.2 Å². The predicted molar refractivity (Wildman–Crippen MR) is 74.9 cm³/mol. The second-order valence-electron chi connectivity index (χ2n) is 5.13. The van der Waals surface area contributed by atoms with Gasteiger partial charge in [-0.05, 0) is 33.2 Å². The quantitative estimate of drug-likeness (QED) is 0.887. The van der Waals surface area contributed by atoms with Crippen molar-refractivity contribution in [2.75, 3.05) is 19.6 Å². The Bertz CT molecular complexity index is 425. The van der Waals surface area contributed by atoms with Crippen molar-refractivity contribution in [1.29, 1.82) is 0 Å². The number of likely N-dealkylation sites (N-methyl/N-ethyl adjacent to an activating group) is 1. The maximum absolute atomic E-state index is 12.4. The zero-order valence-electron chi connectivity index (χ0n) is 12.1. The SMILES string of the molecule is CCN(CC)C(=O)C1CC(c2nccn2C)CCN1. The van der Waals surface area contributed by atoms with Gasteiger partial charge >= 0.3 is 0 Å². The van der Waals surface area contributed by atoms with Gasteiger partial charge < -0.3 is 14.8 Å². The molecule has 2 atom stereocenters. The van der Waals surface area contributed by atoms with Crippen molar-refractivity contribution < 1.29 is 4.79 Å². The van der Waals surface area contributed by atoms with Crippen molar-refractivity contribution >= 4 is 5.91 Å². The molecule has 1 N–H and O–H groups in total. The molecule has 5 nitrogen and oxygen atoms in total. The predicted octanol–water partition coefficient (Wildman–Crippen LogP) is 1.12. The maximum Gasteiger partial charge on any atom is 0.239 e. The number of amides is 1. The van der Waals surface area contributed by atoms with Crippen LogP contribution in [0.3, 0.4) is 0 Å². The highest BCUT2D eigenvalue weighted by Gasteiger charge is 2.31. The van der Waals surface area contributed by atoms with Gasteiger partial charge in [0.15, 0.2) is 0 Å². The molecule has 0 radical (unpaired) electrons. The second-order valence-corrected chi connectivity index (χ2v) is 5.13. The minimum Gasteiger partial charge on any atom is -0.342 e. The largest absolute Gasteiger partial charge is 0.342 e. The molecule has 19 heavy (non-hydrogen) atoms. The molecule has 1 saturated heterocycles. The third kappa shape index (κ3) is 2.97. The lowest BCUT2D eigenvalue weighted by atomic mass is 9.91. The number of imidazole rings is 1. The van der Waals surface area contributed by atoms with Gasteiger partial charge in [-0.3, -0.25) is 4.79 Å². The summed E-state index contributed by atoms with van der Waals surface area (Å²) in [6.07, 6.45) is 5.70. The molecule has 1 aromatic heterocycles. The molecular formula is C14H24N4O. The minimum atomic E-state index is -0.0599. The monoisotopic (exact) mass is 264 g/mol. The summed E-state index contributed by atoms with van der Waals surface area (Å²) >= 11 is 0. The van der Waals surface area contributed by atoms with Crippen LogP contribution < -0.4 is 5.32 Å². The first-order valence-electron chi connectivity index (χ1n) is 7.16. The zero-order chi connectivity index (χ0) is 13.8. The molecule has 5 heteroatoms. The summed E-state index contributed by atoms with van der Waals surface area (Å²) < 4.78 is 2.06. The molecule has 2 heterocycles. The van der Waals surface area contributed by atoms with Crippen LogP contribution in [0.2, 0.25) is 0 Å². The maximum atomic E-state index is 12.4. The molecule has 0 aliphatic carbocycles. The van der Waals surface area contributed by atoms with Gasteiger partial charge in [0.05, 0.1) is 6.04 Å². The minimum absolute atomic E-state index is 0.0599. The number of carbonyl (C=O) groups excluding carboxylic acids is 1. The van der Waals surface area contributed by atoms with E-state index < -0.39 is 0 Å². The molecule has 1 aliphatic rings. The molecule has 106 valence electrons. The highest BCUT2D eigenvalue weighted by Crippen LogP contribution is 2.26. The molecule has 0 saturated carbocycles. The van der Waals surface area contributed by atoms with Gasteiger partial charge in [0.1, 0.15) is 5.82 Å². The van der Waals surface area contributed by atoms with Crippen LogP contribution in [0.4, 0.5) is 0 Å². The Morgan fingerprint density at radius 1 is 1.53 bits per heavy atom. The van der Waals surface area contributed by atoms with Crippen molar-refractivity contribution in [3.63, 3.8) is 0 Å². The molecule has 0 aromatic carbocycles. The van der Waals surface area contributed by atoms with Gasteiger partial charge in [-0.15, -0.1) is 0 Å². The molecule has 2 rings (SSSR count). The van der Waals surface area contributed by atoms with Crippen molar-refractivity contribution in [3.05, 3.63) is 18.2 Å². The Labute approximate surface area is 115 Å². The number of hydrogen-bond acceptors (Lipinski definition) is 3. The zero-order valence-corrected chi connectivity index (χ0v) is 12.1. The third-order valence-electron chi connectivity index (χ3n) is 4.00. The van der Waals surface area contributed by atoms with Gasteiger partial charge in [-0.2, -0.15) is 0 Å². The third-order valence-corrected chi connectivity index (χ3v) is 4.00. The van der Waals surface area contributed by atoms with E-state index in [0.29, 0.717) is 5.92 Å². The normalized spacial score (nSPS) is 23.3. The number of aryl methyl sites for hydroxylation is 1. The summed E-state index contributed by atoms with van der Waals surface area (Å²) in [7, 11) is 2.02. The average molecular weight is 264 g/mol. The molecule has 0 spiro atoms. The summed E-state index contributed by atoms with van der Waals surface area (Å²) in [5, 5.41) is 3.35. The van der Waals surface area contributed by atoms with Crippen LogP contribution in [-0.2, 0) is 11.8 Å². The summed E-state index contributed by atoms with van der Waals surface area (Å²) in [4.78, 5) is 18.7.